The molecule has 2 fully saturated rings. The number of amides is 2. The molecule has 1 saturated heterocycles. The van der Waals surface area contributed by atoms with E-state index in [2.05, 4.69) is 5.32 Å². The average molecular weight is 352 g/mol. The maximum Gasteiger partial charge on any atom is 0.238 e. The third-order valence-corrected chi connectivity index (χ3v) is 5.80. The molecule has 25 heavy (non-hydrogen) atoms. The summed E-state index contributed by atoms with van der Waals surface area (Å²) in [5, 5.41) is 2.93. The van der Waals surface area contributed by atoms with Gasteiger partial charge in [-0.15, -0.1) is 11.8 Å². The lowest BCUT2D eigenvalue weighted by atomic mass is 10.1. The Morgan fingerprint density at radius 1 is 1.08 bits per heavy atom. The molecular formula is C20H20N2O2S. The van der Waals surface area contributed by atoms with Crippen LogP contribution in [0.1, 0.15) is 29.3 Å². The Balaban J connectivity index is 1.54. The second-order valence-electron chi connectivity index (χ2n) is 6.65. The molecule has 1 heterocycles. The maximum absolute atomic E-state index is 12.4. The molecular weight excluding hydrogens is 332 g/mol. The van der Waals surface area contributed by atoms with Gasteiger partial charge < -0.3 is 5.32 Å². The minimum atomic E-state index is -0.0246. The Kier molecular flexibility index (Phi) is 4.25. The van der Waals surface area contributed by atoms with Crippen molar-refractivity contribution in [1.29, 1.82) is 0 Å². The Labute approximate surface area is 151 Å². The third kappa shape index (κ3) is 3.42. The number of benzene rings is 2. The number of carbonyl (C=O) groups is 2. The smallest absolute Gasteiger partial charge is 0.238 e. The van der Waals surface area contributed by atoms with E-state index in [-0.39, 0.29) is 23.1 Å². The van der Waals surface area contributed by atoms with Gasteiger partial charge in [-0.05, 0) is 49.6 Å². The molecule has 2 aromatic carbocycles. The Morgan fingerprint density at radius 2 is 1.76 bits per heavy atom. The molecule has 2 aromatic rings. The number of rotatable bonds is 4. The maximum atomic E-state index is 12.4. The number of hydrogen-bond acceptors (Lipinski definition) is 3. The molecule has 0 aromatic heterocycles. The molecule has 5 heteroatoms. The predicted octanol–water partition coefficient (Wildman–Crippen LogP) is 4.12. The fourth-order valence-electron chi connectivity index (χ4n) is 2.98. The molecule has 2 amide bonds. The van der Waals surface area contributed by atoms with E-state index >= 15 is 0 Å². The largest absolute Gasteiger partial charge is 0.326 e. The van der Waals surface area contributed by atoms with Crippen LogP contribution in [-0.2, 0) is 9.59 Å². The van der Waals surface area contributed by atoms with Gasteiger partial charge in [0.15, 0.2) is 0 Å². The molecule has 1 saturated carbocycles. The lowest BCUT2D eigenvalue weighted by Crippen LogP contribution is -2.27. The molecule has 2 aliphatic rings. The summed E-state index contributed by atoms with van der Waals surface area (Å²) < 4.78 is 0. The van der Waals surface area contributed by atoms with Crippen molar-refractivity contribution in [2.75, 3.05) is 16.0 Å². The normalized spacial score (nSPS) is 20.0. The minimum absolute atomic E-state index is 0.0246. The summed E-state index contributed by atoms with van der Waals surface area (Å²) >= 11 is 1.63. The molecule has 128 valence electrons. The van der Waals surface area contributed by atoms with Crippen molar-refractivity contribution in [3.05, 3.63) is 59.7 Å². The first-order valence-electron chi connectivity index (χ1n) is 8.53. The standard InChI is InChI=1S/C20H20N2O2S/c1-13-2-10-17(11-3-13)22-18(23)12-25-20(22)15-6-8-16(9-7-15)21-19(24)14-4-5-14/h2-3,6-11,14,20H,4-5,12H2,1H3,(H,21,24)/t20-/m0/s1. The van der Waals surface area contributed by atoms with Crippen LogP contribution in [-0.4, -0.2) is 17.6 Å². The Hall–Kier alpha value is -2.27. The van der Waals surface area contributed by atoms with Crippen molar-refractivity contribution in [1.82, 2.24) is 0 Å². The predicted molar refractivity (Wildman–Crippen MR) is 102 cm³/mol. The molecule has 0 bridgehead atoms. The van der Waals surface area contributed by atoms with E-state index in [9.17, 15) is 9.59 Å². The first-order valence-corrected chi connectivity index (χ1v) is 9.58. The number of hydrogen-bond donors (Lipinski definition) is 1. The molecule has 1 atom stereocenters. The van der Waals surface area contributed by atoms with Crippen LogP contribution in [0.25, 0.3) is 0 Å². The Bertz CT molecular complexity index is 797. The molecule has 1 N–H and O–H groups in total. The lowest BCUT2D eigenvalue weighted by Gasteiger charge is -2.24. The summed E-state index contributed by atoms with van der Waals surface area (Å²) in [5.41, 5.74) is 3.99. The lowest BCUT2D eigenvalue weighted by molar-refractivity contribution is -0.117. The summed E-state index contributed by atoms with van der Waals surface area (Å²) in [7, 11) is 0. The first-order chi connectivity index (χ1) is 12.1. The van der Waals surface area contributed by atoms with Gasteiger partial charge in [-0.2, -0.15) is 0 Å². The summed E-state index contributed by atoms with van der Waals surface area (Å²) in [6.45, 7) is 2.04. The highest BCUT2D eigenvalue weighted by Gasteiger charge is 2.34. The van der Waals surface area contributed by atoms with Gasteiger partial charge >= 0.3 is 0 Å². The zero-order valence-electron chi connectivity index (χ0n) is 14.1. The number of carbonyl (C=O) groups excluding carboxylic acids is 2. The summed E-state index contributed by atoms with van der Waals surface area (Å²) in [5.74, 6) is 0.919. The van der Waals surface area contributed by atoms with Crippen molar-refractivity contribution in [3.63, 3.8) is 0 Å². The van der Waals surface area contributed by atoms with Gasteiger partial charge in [0, 0.05) is 17.3 Å². The minimum Gasteiger partial charge on any atom is -0.326 e. The van der Waals surface area contributed by atoms with Gasteiger partial charge in [0.05, 0.1) is 5.75 Å². The van der Waals surface area contributed by atoms with E-state index in [1.54, 1.807) is 11.8 Å². The number of anilines is 2. The van der Waals surface area contributed by atoms with Crippen LogP contribution in [0.15, 0.2) is 48.5 Å². The zero-order chi connectivity index (χ0) is 17.4. The molecule has 4 rings (SSSR count). The highest BCUT2D eigenvalue weighted by molar-refractivity contribution is 8.00. The van der Waals surface area contributed by atoms with E-state index in [1.165, 1.54) is 5.56 Å². The highest BCUT2D eigenvalue weighted by atomic mass is 32.2. The van der Waals surface area contributed by atoms with Crippen molar-refractivity contribution in [2.45, 2.75) is 25.1 Å². The van der Waals surface area contributed by atoms with Gasteiger partial charge in [0.1, 0.15) is 5.37 Å². The third-order valence-electron chi connectivity index (χ3n) is 4.59. The van der Waals surface area contributed by atoms with Gasteiger partial charge in [-0.1, -0.05) is 29.8 Å². The van der Waals surface area contributed by atoms with E-state index in [1.807, 2.05) is 60.4 Å². The number of nitrogens with one attached hydrogen (secondary N) is 1. The van der Waals surface area contributed by atoms with Crippen molar-refractivity contribution in [3.8, 4) is 0 Å². The fourth-order valence-corrected chi connectivity index (χ4v) is 4.15. The van der Waals surface area contributed by atoms with E-state index < -0.39 is 0 Å². The van der Waals surface area contributed by atoms with E-state index in [0.29, 0.717) is 5.75 Å². The number of aryl methyl sites for hydroxylation is 1. The van der Waals surface area contributed by atoms with Gasteiger partial charge in [0.2, 0.25) is 11.8 Å². The van der Waals surface area contributed by atoms with Crippen molar-refractivity contribution in [2.24, 2.45) is 5.92 Å². The van der Waals surface area contributed by atoms with Gasteiger partial charge in [0.25, 0.3) is 0 Å². The summed E-state index contributed by atoms with van der Waals surface area (Å²) in [6, 6.07) is 15.9. The van der Waals surface area contributed by atoms with E-state index in [4.69, 9.17) is 0 Å². The monoisotopic (exact) mass is 352 g/mol. The van der Waals surface area contributed by atoms with Crippen molar-refractivity contribution < 1.29 is 9.59 Å². The Morgan fingerprint density at radius 3 is 2.40 bits per heavy atom. The second-order valence-corrected chi connectivity index (χ2v) is 7.72. The van der Waals surface area contributed by atoms with Crippen LogP contribution in [0, 0.1) is 12.8 Å². The van der Waals surface area contributed by atoms with Gasteiger partial charge in [-0.3, -0.25) is 14.5 Å². The van der Waals surface area contributed by atoms with Crippen LogP contribution >= 0.6 is 11.8 Å². The number of thioether (sulfide) groups is 1. The SMILES string of the molecule is Cc1ccc(N2C(=O)CS[C@H]2c2ccc(NC(=O)C3CC3)cc2)cc1. The molecule has 4 nitrogen and oxygen atoms in total. The first kappa shape index (κ1) is 16.2. The molecule has 1 aliphatic carbocycles. The molecule has 1 aliphatic heterocycles. The topological polar surface area (TPSA) is 49.4 Å². The zero-order valence-corrected chi connectivity index (χ0v) is 14.9. The summed E-state index contributed by atoms with van der Waals surface area (Å²) in [4.78, 5) is 26.1. The average Bonchev–Trinajstić information content (AvgIpc) is 3.40. The van der Waals surface area contributed by atoms with Crippen LogP contribution in [0.5, 0.6) is 0 Å². The molecule has 0 spiro atoms. The van der Waals surface area contributed by atoms with E-state index in [0.717, 1.165) is 29.8 Å². The molecule has 0 unspecified atom stereocenters. The van der Waals surface area contributed by atoms with Crippen LogP contribution in [0.3, 0.4) is 0 Å². The molecule has 0 radical (unpaired) electrons. The van der Waals surface area contributed by atoms with Crippen LogP contribution in [0.4, 0.5) is 11.4 Å². The quantitative estimate of drug-likeness (QED) is 0.900. The summed E-state index contributed by atoms with van der Waals surface area (Å²) in [6.07, 6.45) is 1.99. The second kappa shape index (κ2) is 6.56. The van der Waals surface area contributed by atoms with Crippen LogP contribution in [0.2, 0.25) is 0 Å². The highest BCUT2D eigenvalue weighted by Crippen LogP contribution is 2.42. The number of nitrogens with zero attached hydrogens (tertiary/aromatic N) is 1. The van der Waals surface area contributed by atoms with Crippen LogP contribution < -0.4 is 10.2 Å². The fraction of sp³-hybridized carbons (Fsp3) is 0.300. The van der Waals surface area contributed by atoms with Crippen molar-refractivity contribution >= 4 is 35.0 Å². The van der Waals surface area contributed by atoms with Gasteiger partial charge in [-0.25, -0.2) is 0 Å².